The van der Waals surface area contributed by atoms with E-state index in [-0.39, 0.29) is 31.1 Å². The van der Waals surface area contributed by atoms with Crippen molar-refractivity contribution in [2.45, 2.75) is 258 Å². The van der Waals surface area contributed by atoms with Crippen molar-refractivity contribution in [3.63, 3.8) is 0 Å². The first-order valence-electron chi connectivity index (χ1n) is 26.5. The third-order valence-corrected chi connectivity index (χ3v) is 11.3. The molecule has 6 nitrogen and oxygen atoms in total. The van der Waals surface area contributed by atoms with E-state index in [4.69, 9.17) is 14.2 Å². The molecule has 0 rings (SSSR count). The number of carbonyl (C=O) groups is 3. The van der Waals surface area contributed by atoms with Gasteiger partial charge in [-0.3, -0.25) is 14.4 Å². The van der Waals surface area contributed by atoms with Gasteiger partial charge >= 0.3 is 17.9 Å². The van der Waals surface area contributed by atoms with Crippen LogP contribution >= 0.6 is 0 Å². The lowest BCUT2D eigenvalue weighted by molar-refractivity contribution is -0.167. The zero-order valence-electron chi connectivity index (χ0n) is 41.3. The molecule has 0 bridgehead atoms. The number of esters is 3. The van der Waals surface area contributed by atoms with Gasteiger partial charge in [0.15, 0.2) is 6.10 Å². The van der Waals surface area contributed by atoms with Crippen molar-refractivity contribution in [2.75, 3.05) is 13.2 Å². The molecule has 0 aliphatic rings. The lowest BCUT2D eigenvalue weighted by atomic mass is 10.1. The normalized spacial score (nSPS) is 12.6. The van der Waals surface area contributed by atoms with E-state index in [2.05, 4.69) is 93.7 Å². The molecule has 0 N–H and O–H groups in total. The monoisotopic (exact) mass is 879 g/mol. The summed E-state index contributed by atoms with van der Waals surface area (Å²) in [5, 5.41) is 0. The van der Waals surface area contributed by atoms with E-state index in [1.807, 2.05) is 0 Å². The highest BCUT2D eigenvalue weighted by atomic mass is 16.6. The first-order valence-corrected chi connectivity index (χ1v) is 26.5. The molecule has 0 aromatic carbocycles. The molecule has 1 unspecified atom stereocenters. The third-order valence-electron chi connectivity index (χ3n) is 11.3. The van der Waals surface area contributed by atoms with E-state index in [1.54, 1.807) is 0 Å². The summed E-state index contributed by atoms with van der Waals surface area (Å²) < 4.78 is 16.8. The topological polar surface area (TPSA) is 78.9 Å². The highest BCUT2D eigenvalue weighted by Gasteiger charge is 2.19. The Morgan fingerprint density at radius 2 is 0.635 bits per heavy atom. The maximum absolute atomic E-state index is 12.8. The van der Waals surface area contributed by atoms with Crippen LogP contribution in [0.4, 0.5) is 0 Å². The molecule has 0 saturated heterocycles. The van der Waals surface area contributed by atoms with Crippen molar-refractivity contribution in [1.82, 2.24) is 0 Å². The second kappa shape index (κ2) is 51.5. The van der Waals surface area contributed by atoms with Crippen LogP contribution < -0.4 is 0 Å². The molecule has 0 heterocycles. The Morgan fingerprint density at radius 1 is 0.333 bits per heavy atom. The van der Waals surface area contributed by atoms with Gasteiger partial charge in [0.25, 0.3) is 0 Å². The van der Waals surface area contributed by atoms with Crippen LogP contribution in [0.5, 0.6) is 0 Å². The number of hydrogen-bond donors (Lipinski definition) is 0. The molecule has 0 radical (unpaired) electrons. The Bertz CT molecular complexity index is 1190. The van der Waals surface area contributed by atoms with Gasteiger partial charge in [0.2, 0.25) is 0 Å². The molecule has 1 atom stereocenters. The van der Waals surface area contributed by atoms with Crippen LogP contribution in [-0.4, -0.2) is 37.2 Å². The first-order chi connectivity index (χ1) is 31.0. The average molecular weight is 879 g/mol. The number of allylic oxidation sites excluding steroid dienone is 12. The lowest BCUT2D eigenvalue weighted by Gasteiger charge is -2.18. The van der Waals surface area contributed by atoms with E-state index >= 15 is 0 Å². The molecule has 0 aromatic heterocycles. The fourth-order valence-electron chi connectivity index (χ4n) is 7.25. The van der Waals surface area contributed by atoms with Gasteiger partial charge in [0.1, 0.15) is 13.2 Å². The maximum atomic E-state index is 12.8. The summed E-state index contributed by atoms with van der Waals surface area (Å²) in [7, 11) is 0. The molecule has 0 aromatic rings. The molecular weight excluding hydrogens is 781 g/mol. The molecule has 0 saturated carbocycles. The Labute approximate surface area is 389 Å². The van der Waals surface area contributed by atoms with E-state index in [0.29, 0.717) is 19.3 Å². The summed E-state index contributed by atoms with van der Waals surface area (Å²) in [5.74, 6) is -0.948. The SMILES string of the molecule is CC\C=C/C=C\C=C/CCCCCCCCCC(=O)OC(COC(=O)CCCCC/C=C\C=C/CCCCCCCCC)COC(=O)CCCCC/C=C\CCCCCCCCC. The summed E-state index contributed by atoms with van der Waals surface area (Å²) in [6.07, 6.45) is 64.6. The van der Waals surface area contributed by atoms with Crippen LogP contribution in [0.3, 0.4) is 0 Å². The average Bonchev–Trinajstić information content (AvgIpc) is 3.28. The van der Waals surface area contributed by atoms with Gasteiger partial charge in [-0.05, 0) is 89.9 Å². The lowest BCUT2D eigenvalue weighted by Crippen LogP contribution is -2.30. The van der Waals surface area contributed by atoms with Crippen LogP contribution in [0.15, 0.2) is 72.9 Å². The Morgan fingerprint density at radius 3 is 1.03 bits per heavy atom. The van der Waals surface area contributed by atoms with E-state index < -0.39 is 6.10 Å². The molecule has 0 aliphatic carbocycles. The van der Waals surface area contributed by atoms with Gasteiger partial charge < -0.3 is 14.2 Å². The van der Waals surface area contributed by atoms with Gasteiger partial charge in [-0.2, -0.15) is 0 Å². The van der Waals surface area contributed by atoms with Crippen molar-refractivity contribution in [3.8, 4) is 0 Å². The predicted octanol–water partition coefficient (Wildman–Crippen LogP) is 17.4. The summed E-state index contributed by atoms with van der Waals surface area (Å²) >= 11 is 0. The van der Waals surface area contributed by atoms with Crippen molar-refractivity contribution in [3.05, 3.63) is 72.9 Å². The Hall–Kier alpha value is -3.15. The fraction of sp³-hybridized carbons (Fsp3) is 0.737. The van der Waals surface area contributed by atoms with Crippen molar-refractivity contribution >= 4 is 17.9 Å². The summed E-state index contributed by atoms with van der Waals surface area (Å²) in [6.45, 7) is 6.46. The Kier molecular flexibility index (Phi) is 48.9. The van der Waals surface area contributed by atoms with Crippen molar-refractivity contribution < 1.29 is 28.6 Å². The minimum Gasteiger partial charge on any atom is -0.462 e. The van der Waals surface area contributed by atoms with Crippen LogP contribution in [0.25, 0.3) is 0 Å². The molecule has 0 fully saturated rings. The summed E-state index contributed by atoms with van der Waals surface area (Å²) in [5.41, 5.74) is 0. The number of rotatable bonds is 47. The minimum atomic E-state index is -0.798. The van der Waals surface area contributed by atoms with E-state index in [0.717, 1.165) is 96.3 Å². The van der Waals surface area contributed by atoms with Crippen LogP contribution in [0, 0.1) is 0 Å². The minimum absolute atomic E-state index is 0.0968. The molecular formula is C57H98O6. The number of carbonyl (C=O) groups excluding carboxylic acids is 3. The quantitative estimate of drug-likeness (QED) is 0.0199. The largest absolute Gasteiger partial charge is 0.462 e. The zero-order valence-corrected chi connectivity index (χ0v) is 41.3. The second-order valence-electron chi connectivity index (χ2n) is 17.5. The summed E-state index contributed by atoms with van der Waals surface area (Å²) in [4.78, 5) is 38.0. The van der Waals surface area contributed by atoms with Gasteiger partial charge in [0, 0.05) is 19.3 Å². The van der Waals surface area contributed by atoms with Crippen LogP contribution in [-0.2, 0) is 28.6 Å². The van der Waals surface area contributed by atoms with E-state index in [1.165, 1.54) is 116 Å². The smallest absolute Gasteiger partial charge is 0.306 e. The number of unbranched alkanes of at least 4 members (excludes halogenated alkanes) is 27. The molecule has 0 aliphatic heterocycles. The van der Waals surface area contributed by atoms with Gasteiger partial charge in [-0.1, -0.05) is 216 Å². The summed E-state index contributed by atoms with van der Waals surface area (Å²) in [6, 6.07) is 0. The van der Waals surface area contributed by atoms with Crippen LogP contribution in [0.1, 0.15) is 252 Å². The molecule has 362 valence electrons. The standard InChI is InChI=1S/C57H98O6/c1-4-7-10-13-16-19-22-25-28-30-32-35-38-41-44-47-50-56(59)62-53-54(52-61-55(58)49-46-43-40-37-34-31-27-24-21-18-15-12-9-6-3)63-57(60)51-48-45-42-39-36-33-29-26-23-20-17-14-11-8-5-2/h8,11,14,17,20,23,28,30-32,34-35,54H,4-7,9-10,12-13,15-16,18-19,21-22,24-27,29,33,36-53H2,1-3H3/b11-8-,17-14-,23-20-,30-28-,34-31-,35-32-. The molecule has 0 spiro atoms. The maximum Gasteiger partial charge on any atom is 0.306 e. The predicted molar refractivity (Wildman–Crippen MR) is 270 cm³/mol. The fourth-order valence-corrected chi connectivity index (χ4v) is 7.25. The highest BCUT2D eigenvalue weighted by molar-refractivity contribution is 5.71. The number of hydrogen-bond acceptors (Lipinski definition) is 6. The molecule has 63 heavy (non-hydrogen) atoms. The molecule has 0 amide bonds. The van der Waals surface area contributed by atoms with Gasteiger partial charge in [-0.15, -0.1) is 0 Å². The van der Waals surface area contributed by atoms with Gasteiger partial charge in [-0.25, -0.2) is 0 Å². The van der Waals surface area contributed by atoms with Gasteiger partial charge in [0.05, 0.1) is 0 Å². The van der Waals surface area contributed by atoms with Crippen molar-refractivity contribution in [1.29, 1.82) is 0 Å². The van der Waals surface area contributed by atoms with Crippen molar-refractivity contribution in [2.24, 2.45) is 0 Å². The third kappa shape index (κ3) is 49.7. The highest BCUT2D eigenvalue weighted by Crippen LogP contribution is 2.14. The van der Waals surface area contributed by atoms with E-state index in [9.17, 15) is 14.4 Å². The number of ether oxygens (including phenoxy) is 3. The Balaban J connectivity index is 4.46. The second-order valence-corrected chi connectivity index (χ2v) is 17.5. The van der Waals surface area contributed by atoms with Crippen LogP contribution in [0.2, 0.25) is 0 Å². The molecule has 6 heteroatoms. The zero-order chi connectivity index (χ0) is 45.8. The first kappa shape index (κ1) is 59.9.